The molecular weight excluding hydrogens is 280 g/mol. The molecule has 20 heavy (non-hydrogen) atoms. The van der Waals surface area contributed by atoms with Crippen LogP contribution >= 0.6 is 0 Å². The van der Waals surface area contributed by atoms with Crippen LogP contribution in [0.2, 0.25) is 0 Å². The van der Waals surface area contributed by atoms with E-state index in [1.807, 2.05) is 0 Å². The van der Waals surface area contributed by atoms with Crippen molar-refractivity contribution in [3.05, 3.63) is 29.3 Å². The van der Waals surface area contributed by atoms with E-state index in [2.05, 4.69) is 4.72 Å². The molecule has 0 saturated carbocycles. The monoisotopic (exact) mass is 302 g/mol. The molecule has 0 saturated heterocycles. The summed E-state index contributed by atoms with van der Waals surface area (Å²) in [5.74, 6) is 0. The van der Waals surface area contributed by atoms with Gasteiger partial charge in [-0.1, -0.05) is 12.1 Å². The minimum atomic E-state index is -3.51. The van der Waals surface area contributed by atoms with E-state index in [9.17, 15) is 8.42 Å². The summed E-state index contributed by atoms with van der Waals surface area (Å²) in [4.78, 5) is 0.270. The molecule has 0 heterocycles. The summed E-state index contributed by atoms with van der Waals surface area (Å²) in [6.45, 7) is 3.62. The first-order chi connectivity index (χ1) is 9.51. The fourth-order valence-electron chi connectivity index (χ4n) is 1.71. The fraction of sp³-hybridized carbons (Fsp3) is 0.538. The highest BCUT2D eigenvalue weighted by molar-refractivity contribution is 7.89. The van der Waals surface area contributed by atoms with Gasteiger partial charge in [-0.3, -0.25) is 0 Å². The number of sulfonamides is 1. The van der Waals surface area contributed by atoms with Crippen molar-refractivity contribution in [3.63, 3.8) is 0 Å². The van der Waals surface area contributed by atoms with Crippen LogP contribution in [0.25, 0.3) is 0 Å². The molecule has 1 aromatic carbocycles. The molecule has 0 spiro atoms. The lowest BCUT2D eigenvalue weighted by molar-refractivity contribution is 0.0736. The lowest BCUT2D eigenvalue weighted by Gasteiger charge is -2.10. The van der Waals surface area contributed by atoms with E-state index in [4.69, 9.17) is 15.2 Å². The van der Waals surface area contributed by atoms with Crippen LogP contribution < -0.4 is 10.5 Å². The normalized spacial score (nSPS) is 11.8. The third kappa shape index (κ3) is 5.18. The minimum absolute atomic E-state index is 0.226. The first-order valence-corrected chi connectivity index (χ1v) is 7.85. The Morgan fingerprint density at radius 3 is 2.60 bits per heavy atom. The molecule has 0 aliphatic rings. The van der Waals surface area contributed by atoms with E-state index in [0.29, 0.717) is 31.9 Å². The molecule has 0 aromatic heterocycles. The van der Waals surface area contributed by atoms with Crippen LogP contribution in [0.5, 0.6) is 0 Å². The van der Waals surface area contributed by atoms with Gasteiger partial charge < -0.3 is 15.2 Å². The predicted molar refractivity (Wildman–Crippen MR) is 77.0 cm³/mol. The van der Waals surface area contributed by atoms with Crippen molar-refractivity contribution in [2.24, 2.45) is 5.73 Å². The number of methoxy groups -OCH3 is 1. The van der Waals surface area contributed by atoms with Crippen molar-refractivity contribution < 1.29 is 17.9 Å². The molecule has 0 atom stereocenters. The third-order valence-corrected chi connectivity index (χ3v) is 4.36. The molecule has 0 bridgehead atoms. The number of hydrogen-bond acceptors (Lipinski definition) is 5. The van der Waals surface area contributed by atoms with Gasteiger partial charge in [0.2, 0.25) is 10.0 Å². The van der Waals surface area contributed by atoms with Gasteiger partial charge in [0.1, 0.15) is 0 Å². The van der Waals surface area contributed by atoms with Gasteiger partial charge in [-0.15, -0.1) is 0 Å². The van der Waals surface area contributed by atoms with E-state index in [1.54, 1.807) is 32.2 Å². The van der Waals surface area contributed by atoms with Gasteiger partial charge in [-0.05, 0) is 24.1 Å². The van der Waals surface area contributed by atoms with E-state index >= 15 is 0 Å². The quantitative estimate of drug-likeness (QED) is 0.644. The van der Waals surface area contributed by atoms with Gasteiger partial charge in [0.05, 0.1) is 24.7 Å². The summed E-state index contributed by atoms with van der Waals surface area (Å²) in [6, 6.07) is 5.08. The highest BCUT2D eigenvalue weighted by atomic mass is 32.2. The number of nitrogens with two attached hydrogens (primary N) is 1. The molecule has 0 amide bonds. The Morgan fingerprint density at radius 2 is 2.00 bits per heavy atom. The Labute approximate surface area is 120 Å². The lowest BCUT2D eigenvalue weighted by Crippen LogP contribution is -2.28. The number of benzene rings is 1. The molecule has 0 radical (unpaired) electrons. The molecule has 1 rings (SSSR count). The van der Waals surface area contributed by atoms with E-state index in [-0.39, 0.29) is 11.4 Å². The van der Waals surface area contributed by atoms with Crippen LogP contribution in [0, 0.1) is 6.92 Å². The number of ether oxygens (including phenoxy) is 2. The summed E-state index contributed by atoms with van der Waals surface area (Å²) in [6.07, 6.45) is 0. The highest BCUT2D eigenvalue weighted by Crippen LogP contribution is 2.16. The molecule has 0 aliphatic heterocycles. The Balaban J connectivity index is 2.56. The molecule has 0 fully saturated rings. The maximum atomic E-state index is 12.1. The summed E-state index contributed by atoms with van der Waals surface area (Å²) in [5.41, 5.74) is 7.11. The molecule has 0 unspecified atom stereocenters. The van der Waals surface area contributed by atoms with Gasteiger partial charge in [-0.2, -0.15) is 0 Å². The first kappa shape index (κ1) is 17.1. The standard InChI is InChI=1S/C13H22N2O4S/c1-11-9-12(10-14)3-4-13(11)20(16,17)15-5-6-19-8-7-18-2/h3-4,9,15H,5-8,10,14H2,1-2H3. The Kier molecular flexibility index (Phi) is 7.11. The molecule has 1 aromatic rings. The van der Waals surface area contributed by atoms with Crippen LogP contribution in [0.3, 0.4) is 0 Å². The second-order valence-corrected chi connectivity index (χ2v) is 6.04. The fourth-order valence-corrected chi connectivity index (χ4v) is 2.95. The largest absolute Gasteiger partial charge is 0.382 e. The Hall–Kier alpha value is -0.990. The number of rotatable bonds is 9. The van der Waals surface area contributed by atoms with E-state index in [0.717, 1.165) is 5.56 Å². The maximum absolute atomic E-state index is 12.1. The van der Waals surface area contributed by atoms with Gasteiger partial charge in [0, 0.05) is 20.2 Å². The predicted octanol–water partition coefficient (Wildman–Crippen LogP) is 0.395. The number of nitrogens with one attached hydrogen (secondary N) is 1. The van der Waals surface area contributed by atoms with Gasteiger partial charge >= 0.3 is 0 Å². The van der Waals surface area contributed by atoms with Crippen molar-refractivity contribution in [2.45, 2.75) is 18.4 Å². The second-order valence-electron chi connectivity index (χ2n) is 4.31. The van der Waals surface area contributed by atoms with Crippen LogP contribution in [0.15, 0.2) is 23.1 Å². The zero-order valence-electron chi connectivity index (χ0n) is 11.9. The van der Waals surface area contributed by atoms with Crippen molar-refractivity contribution >= 4 is 10.0 Å². The van der Waals surface area contributed by atoms with E-state index in [1.165, 1.54) is 0 Å². The molecule has 6 nitrogen and oxygen atoms in total. The molecular formula is C13H22N2O4S. The minimum Gasteiger partial charge on any atom is -0.382 e. The topological polar surface area (TPSA) is 90.6 Å². The summed E-state index contributed by atoms with van der Waals surface area (Å²) in [5, 5.41) is 0. The molecule has 7 heteroatoms. The SMILES string of the molecule is COCCOCCNS(=O)(=O)c1ccc(CN)cc1C. The van der Waals surface area contributed by atoms with Crippen molar-refractivity contribution in [2.75, 3.05) is 33.5 Å². The van der Waals surface area contributed by atoms with Crippen molar-refractivity contribution in [1.29, 1.82) is 0 Å². The number of hydrogen-bond donors (Lipinski definition) is 2. The van der Waals surface area contributed by atoms with E-state index < -0.39 is 10.0 Å². The Bertz CT molecular complexity index is 517. The van der Waals surface area contributed by atoms with Crippen LogP contribution in [0.4, 0.5) is 0 Å². The average Bonchev–Trinajstić information content (AvgIpc) is 2.42. The Morgan fingerprint density at radius 1 is 1.25 bits per heavy atom. The van der Waals surface area contributed by atoms with Gasteiger partial charge in [0.25, 0.3) is 0 Å². The summed E-state index contributed by atoms with van der Waals surface area (Å²) >= 11 is 0. The van der Waals surface area contributed by atoms with Crippen molar-refractivity contribution in [3.8, 4) is 0 Å². The second kappa shape index (κ2) is 8.33. The average molecular weight is 302 g/mol. The smallest absolute Gasteiger partial charge is 0.240 e. The lowest BCUT2D eigenvalue weighted by atomic mass is 10.1. The molecule has 114 valence electrons. The van der Waals surface area contributed by atoms with Crippen LogP contribution in [-0.4, -0.2) is 41.9 Å². The van der Waals surface area contributed by atoms with Gasteiger partial charge in [0.15, 0.2) is 0 Å². The number of aryl methyl sites for hydroxylation is 1. The molecule has 3 N–H and O–H groups in total. The third-order valence-electron chi connectivity index (χ3n) is 2.73. The zero-order valence-corrected chi connectivity index (χ0v) is 12.7. The van der Waals surface area contributed by atoms with Crippen LogP contribution in [-0.2, 0) is 26.0 Å². The van der Waals surface area contributed by atoms with Crippen molar-refractivity contribution in [1.82, 2.24) is 4.72 Å². The van der Waals surface area contributed by atoms with Crippen LogP contribution in [0.1, 0.15) is 11.1 Å². The summed E-state index contributed by atoms with van der Waals surface area (Å²) < 4.78 is 36.8. The molecule has 0 aliphatic carbocycles. The van der Waals surface area contributed by atoms with Gasteiger partial charge in [-0.25, -0.2) is 13.1 Å². The maximum Gasteiger partial charge on any atom is 0.240 e. The summed E-state index contributed by atoms with van der Waals surface area (Å²) in [7, 11) is -1.93. The first-order valence-electron chi connectivity index (χ1n) is 6.37. The zero-order chi connectivity index (χ0) is 15.0. The highest BCUT2D eigenvalue weighted by Gasteiger charge is 2.16.